The number of terminal acetylenes is 1. The summed E-state index contributed by atoms with van der Waals surface area (Å²) >= 11 is 3.11. The summed E-state index contributed by atoms with van der Waals surface area (Å²) in [4.78, 5) is 10.6. The van der Waals surface area contributed by atoms with Crippen LogP contribution < -0.4 is 0 Å². The SMILES string of the molecule is C#Cc1ccc(Br)c(C(=O)O)c1. The monoisotopic (exact) mass is 224 g/mol. The molecule has 12 heavy (non-hydrogen) atoms. The quantitative estimate of drug-likeness (QED) is 0.743. The molecule has 0 spiro atoms. The molecule has 0 amide bonds. The van der Waals surface area contributed by atoms with Crippen molar-refractivity contribution in [2.24, 2.45) is 0 Å². The van der Waals surface area contributed by atoms with Gasteiger partial charge in [-0.05, 0) is 34.1 Å². The summed E-state index contributed by atoms with van der Waals surface area (Å²) in [5.74, 6) is 1.38. The number of halogens is 1. The van der Waals surface area contributed by atoms with E-state index in [0.717, 1.165) is 0 Å². The maximum atomic E-state index is 10.6. The van der Waals surface area contributed by atoms with Gasteiger partial charge in [0.2, 0.25) is 0 Å². The second-order valence-electron chi connectivity index (χ2n) is 2.14. The lowest BCUT2D eigenvalue weighted by molar-refractivity contribution is 0.0696. The standard InChI is InChI=1S/C9H5BrO2/c1-2-6-3-4-8(10)7(5-6)9(11)12/h1,3-5H,(H,11,12). The summed E-state index contributed by atoms with van der Waals surface area (Å²) in [7, 11) is 0. The molecule has 0 bridgehead atoms. The Morgan fingerprint density at radius 1 is 1.58 bits per heavy atom. The Hall–Kier alpha value is -1.27. The summed E-state index contributed by atoms with van der Waals surface area (Å²) in [5.41, 5.74) is 0.751. The molecule has 0 fully saturated rings. The molecule has 0 saturated carbocycles. The van der Waals surface area contributed by atoms with Gasteiger partial charge in [0.05, 0.1) is 5.56 Å². The lowest BCUT2D eigenvalue weighted by Crippen LogP contribution is -1.97. The fourth-order valence-electron chi connectivity index (χ4n) is 0.779. The van der Waals surface area contributed by atoms with Crippen LogP contribution in [0.3, 0.4) is 0 Å². The van der Waals surface area contributed by atoms with E-state index in [1.165, 1.54) is 6.07 Å². The highest BCUT2D eigenvalue weighted by molar-refractivity contribution is 9.10. The van der Waals surface area contributed by atoms with Crippen molar-refractivity contribution in [3.8, 4) is 12.3 Å². The van der Waals surface area contributed by atoms with E-state index in [2.05, 4.69) is 21.9 Å². The Bertz CT molecular complexity index is 363. The molecule has 1 aromatic carbocycles. The van der Waals surface area contributed by atoms with E-state index < -0.39 is 5.97 Å². The zero-order chi connectivity index (χ0) is 9.14. The van der Waals surface area contributed by atoms with Gasteiger partial charge in [0.15, 0.2) is 0 Å². The van der Waals surface area contributed by atoms with Gasteiger partial charge in [0.1, 0.15) is 0 Å². The third-order valence-corrected chi connectivity index (χ3v) is 2.05. The number of carbonyl (C=O) groups is 1. The van der Waals surface area contributed by atoms with Crippen LogP contribution in [-0.2, 0) is 0 Å². The minimum atomic E-state index is -0.987. The normalized spacial score (nSPS) is 9.00. The second-order valence-corrected chi connectivity index (χ2v) is 3.00. The first-order valence-electron chi connectivity index (χ1n) is 3.14. The van der Waals surface area contributed by atoms with E-state index in [1.807, 2.05) is 0 Å². The minimum Gasteiger partial charge on any atom is -0.478 e. The van der Waals surface area contributed by atoms with Gasteiger partial charge in [-0.2, -0.15) is 0 Å². The molecule has 0 atom stereocenters. The number of hydrogen-bond donors (Lipinski definition) is 1. The molecular formula is C9H5BrO2. The van der Waals surface area contributed by atoms with E-state index in [1.54, 1.807) is 12.1 Å². The van der Waals surface area contributed by atoms with E-state index in [0.29, 0.717) is 10.0 Å². The Morgan fingerprint density at radius 2 is 2.25 bits per heavy atom. The molecule has 1 N–H and O–H groups in total. The first kappa shape index (κ1) is 8.82. The number of aromatic carboxylic acids is 1. The van der Waals surface area contributed by atoms with Gasteiger partial charge in [-0.15, -0.1) is 6.42 Å². The van der Waals surface area contributed by atoms with Crippen LogP contribution in [0.2, 0.25) is 0 Å². The molecule has 0 aromatic heterocycles. The molecule has 3 heteroatoms. The van der Waals surface area contributed by atoms with Crippen molar-refractivity contribution in [3.05, 3.63) is 33.8 Å². The number of carboxylic acid groups (broad SMARTS) is 1. The van der Waals surface area contributed by atoms with Gasteiger partial charge in [0.25, 0.3) is 0 Å². The molecule has 0 aliphatic heterocycles. The fraction of sp³-hybridized carbons (Fsp3) is 0. The smallest absolute Gasteiger partial charge is 0.336 e. The number of hydrogen-bond acceptors (Lipinski definition) is 1. The summed E-state index contributed by atoms with van der Waals surface area (Å²) < 4.78 is 0.536. The fourth-order valence-corrected chi connectivity index (χ4v) is 1.20. The van der Waals surface area contributed by atoms with Crippen molar-refractivity contribution in [1.82, 2.24) is 0 Å². The first-order chi connectivity index (χ1) is 5.65. The summed E-state index contributed by atoms with van der Waals surface area (Å²) in [6, 6.07) is 4.75. The van der Waals surface area contributed by atoms with Crippen molar-refractivity contribution in [3.63, 3.8) is 0 Å². The maximum Gasteiger partial charge on any atom is 0.336 e. The molecule has 0 aliphatic carbocycles. The highest BCUT2D eigenvalue weighted by atomic mass is 79.9. The van der Waals surface area contributed by atoms with Crippen molar-refractivity contribution in [1.29, 1.82) is 0 Å². The second kappa shape index (κ2) is 3.42. The molecule has 0 unspecified atom stereocenters. The van der Waals surface area contributed by atoms with Crippen LogP contribution in [0.5, 0.6) is 0 Å². The Labute approximate surface area is 78.3 Å². The Balaban J connectivity index is 3.28. The third kappa shape index (κ3) is 1.66. The maximum absolute atomic E-state index is 10.6. The average Bonchev–Trinajstić information content (AvgIpc) is 2.05. The molecule has 0 aliphatic rings. The topological polar surface area (TPSA) is 37.3 Å². The molecule has 0 saturated heterocycles. The summed E-state index contributed by atoms with van der Waals surface area (Å²) in [6.07, 6.45) is 5.11. The molecular weight excluding hydrogens is 220 g/mol. The van der Waals surface area contributed by atoms with Gasteiger partial charge < -0.3 is 5.11 Å². The zero-order valence-corrected chi connectivity index (χ0v) is 7.63. The van der Waals surface area contributed by atoms with Crippen molar-refractivity contribution >= 4 is 21.9 Å². The van der Waals surface area contributed by atoms with E-state index in [9.17, 15) is 4.79 Å². The van der Waals surface area contributed by atoms with Crippen molar-refractivity contribution in [2.45, 2.75) is 0 Å². The molecule has 1 rings (SSSR count). The zero-order valence-electron chi connectivity index (χ0n) is 6.04. The van der Waals surface area contributed by atoms with Gasteiger partial charge >= 0.3 is 5.97 Å². The molecule has 60 valence electrons. The number of carboxylic acids is 1. The molecule has 0 heterocycles. The van der Waals surface area contributed by atoms with E-state index in [4.69, 9.17) is 11.5 Å². The third-order valence-electron chi connectivity index (χ3n) is 1.36. The molecule has 2 nitrogen and oxygen atoms in total. The van der Waals surface area contributed by atoms with Crippen LogP contribution in [0.25, 0.3) is 0 Å². The van der Waals surface area contributed by atoms with Gasteiger partial charge in [0, 0.05) is 10.0 Å². The average molecular weight is 225 g/mol. The first-order valence-corrected chi connectivity index (χ1v) is 3.94. The predicted octanol–water partition coefficient (Wildman–Crippen LogP) is 2.13. The summed E-state index contributed by atoms with van der Waals surface area (Å²) in [6.45, 7) is 0. The van der Waals surface area contributed by atoms with E-state index in [-0.39, 0.29) is 5.56 Å². The van der Waals surface area contributed by atoms with E-state index >= 15 is 0 Å². The van der Waals surface area contributed by atoms with Crippen LogP contribution >= 0.6 is 15.9 Å². The van der Waals surface area contributed by atoms with Crippen molar-refractivity contribution < 1.29 is 9.90 Å². The highest BCUT2D eigenvalue weighted by Crippen LogP contribution is 2.17. The lowest BCUT2D eigenvalue weighted by Gasteiger charge is -1.98. The lowest BCUT2D eigenvalue weighted by atomic mass is 10.1. The largest absolute Gasteiger partial charge is 0.478 e. The molecule has 1 aromatic rings. The van der Waals surface area contributed by atoms with Gasteiger partial charge in [-0.25, -0.2) is 4.79 Å². The van der Waals surface area contributed by atoms with Gasteiger partial charge in [-0.3, -0.25) is 0 Å². The minimum absolute atomic E-state index is 0.186. The highest BCUT2D eigenvalue weighted by Gasteiger charge is 2.07. The number of rotatable bonds is 1. The van der Waals surface area contributed by atoms with Crippen LogP contribution in [0, 0.1) is 12.3 Å². The Kier molecular flexibility index (Phi) is 2.51. The van der Waals surface area contributed by atoms with Crippen LogP contribution in [0.4, 0.5) is 0 Å². The number of benzene rings is 1. The van der Waals surface area contributed by atoms with Crippen LogP contribution in [0.15, 0.2) is 22.7 Å². The van der Waals surface area contributed by atoms with Gasteiger partial charge in [-0.1, -0.05) is 5.92 Å². The van der Waals surface area contributed by atoms with Crippen LogP contribution in [0.1, 0.15) is 15.9 Å². The van der Waals surface area contributed by atoms with Crippen molar-refractivity contribution in [2.75, 3.05) is 0 Å². The Morgan fingerprint density at radius 3 is 2.75 bits per heavy atom. The summed E-state index contributed by atoms with van der Waals surface area (Å²) in [5, 5.41) is 8.69. The molecule has 0 radical (unpaired) electrons. The van der Waals surface area contributed by atoms with Crippen LogP contribution in [-0.4, -0.2) is 11.1 Å². The predicted molar refractivity (Wildman–Crippen MR) is 49.0 cm³/mol.